The van der Waals surface area contributed by atoms with Gasteiger partial charge in [-0.1, -0.05) is 141 Å². The van der Waals surface area contributed by atoms with Crippen LogP contribution in [-0.4, -0.2) is 5.38 Å². The maximum atomic E-state index is 6.24. The van der Waals surface area contributed by atoms with E-state index in [1.807, 2.05) is 13.8 Å². The lowest BCUT2D eigenvalue weighted by molar-refractivity contribution is 0.774. The van der Waals surface area contributed by atoms with Crippen molar-refractivity contribution in [2.24, 2.45) is 5.92 Å². The molecule has 35 heavy (non-hydrogen) atoms. The van der Waals surface area contributed by atoms with Gasteiger partial charge in [-0.2, -0.15) is 0 Å². The molecule has 0 radical (unpaired) electrons. The number of hydrogen-bond acceptors (Lipinski definition) is 0. The highest BCUT2D eigenvalue weighted by Crippen LogP contribution is 2.32. The van der Waals surface area contributed by atoms with Crippen LogP contribution in [0, 0.1) is 12.8 Å². The summed E-state index contributed by atoms with van der Waals surface area (Å²) in [4.78, 5) is 0. The first kappa shape index (κ1) is 26.5. The van der Waals surface area contributed by atoms with E-state index in [1.165, 1.54) is 33.4 Å². The zero-order valence-electron chi connectivity index (χ0n) is 21.2. The monoisotopic (exact) mass is 480 g/mol. The molecule has 0 saturated carbocycles. The first-order valence-electron chi connectivity index (χ1n) is 12.7. The average molecular weight is 481 g/mol. The van der Waals surface area contributed by atoms with E-state index in [9.17, 15) is 0 Å². The number of alkyl halides is 1. The average Bonchev–Trinajstić information content (AvgIpc) is 2.92. The van der Waals surface area contributed by atoms with Crippen molar-refractivity contribution in [1.29, 1.82) is 0 Å². The molecule has 0 nitrogen and oxygen atoms in total. The standard InChI is InChI=1S/C19H19Cl.C13H12.C2H6/c1-14-5-2-6-15(11-14)16-7-3-8-17(12-16)18-9-4-10-19(20)13-18;1-3-7-12(8-4-1)11-13-9-5-2-6-10-13;1-2/h2-7,9,11-13,17,19H,8,10H2,1H3;1-10H,11H2;1-2H3. The molecule has 2 atom stereocenters. The Morgan fingerprint density at radius 1 is 0.714 bits per heavy atom. The molecule has 3 aromatic rings. The van der Waals surface area contributed by atoms with Crippen molar-refractivity contribution < 1.29 is 0 Å². The number of allylic oxidation sites excluding steroid dienone is 8. The van der Waals surface area contributed by atoms with E-state index >= 15 is 0 Å². The third kappa shape index (κ3) is 8.57. The van der Waals surface area contributed by atoms with Crippen LogP contribution in [-0.2, 0) is 6.42 Å². The van der Waals surface area contributed by atoms with Crippen molar-refractivity contribution in [3.8, 4) is 0 Å². The lowest BCUT2D eigenvalue weighted by Gasteiger charge is -2.21. The van der Waals surface area contributed by atoms with Gasteiger partial charge in [-0.05, 0) is 54.0 Å². The Hall–Kier alpha value is -3.09. The minimum absolute atomic E-state index is 0.150. The molecule has 0 bridgehead atoms. The summed E-state index contributed by atoms with van der Waals surface area (Å²) in [5.74, 6) is 0.452. The molecule has 5 rings (SSSR count). The summed E-state index contributed by atoms with van der Waals surface area (Å²) >= 11 is 6.24. The lowest BCUT2D eigenvalue weighted by atomic mass is 9.85. The SMILES string of the molecule is CC.Cc1cccc(C2=CC(C3=CC(Cl)CC=C3)CC=C2)c1.c1ccc(Cc2ccccc2)cc1. The Kier molecular flexibility index (Phi) is 10.9. The number of rotatable bonds is 4. The first-order valence-corrected chi connectivity index (χ1v) is 13.2. The highest BCUT2D eigenvalue weighted by molar-refractivity contribution is 6.22. The van der Waals surface area contributed by atoms with Gasteiger partial charge in [-0.15, -0.1) is 11.6 Å². The van der Waals surface area contributed by atoms with E-state index in [0.29, 0.717) is 5.92 Å². The van der Waals surface area contributed by atoms with Gasteiger partial charge in [0.25, 0.3) is 0 Å². The van der Waals surface area contributed by atoms with Gasteiger partial charge in [0.05, 0.1) is 5.38 Å². The Morgan fingerprint density at radius 2 is 1.34 bits per heavy atom. The summed E-state index contributed by atoms with van der Waals surface area (Å²) in [7, 11) is 0. The van der Waals surface area contributed by atoms with Crippen molar-refractivity contribution in [3.63, 3.8) is 0 Å². The molecule has 180 valence electrons. The molecule has 0 N–H and O–H groups in total. The Labute approximate surface area is 217 Å². The molecule has 0 heterocycles. The van der Waals surface area contributed by atoms with Crippen molar-refractivity contribution in [3.05, 3.63) is 149 Å². The predicted molar refractivity (Wildman–Crippen MR) is 155 cm³/mol. The van der Waals surface area contributed by atoms with E-state index in [0.717, 1.165) is 19.3 Å². The molecule has 0 amide bonds. The van der Waals surface area contributed by atoms with Crippen LogP contribution in [0.25, 0.3) is 5.57 Å². The maximum absolute atomic E-state index is 6.24. The van der Waals surface area contributed by atoms with E-state index in [-0.39, 0.29) is 5.38 Å². The van der Waals surface area contributed by atoms with Crippen molar-refractivity contribution >= 4 is 17.2 Å². The molecule has 1 heteroatoms. The Balaban J connectivity index is 0.000000197. The summed E-state index contributed by atoms with van der Waals surface area (Å²) in [5, 5.41) is 0.150. The number of halogens is 1. The molecule has 2 aliphatic rings. The number of aryl methyl sites for hydroxylation is 1. The number of hydrogen-bond donors (Lipinski definition) is 0. The van der Waals surface area contributed by atoms with Crippen molar-refractivity contribution in [1.82, 2.24) is 0 Å². The minimum Gasteiger partial charge on any atom is -0.118 e. The Bertz CT molecular complexity index is 1110. The minimum atomic E-state index is 0.150. The highest BCUT2D eigenvalue weighted by Gasteiger charge is 2.16. The van der Waals surface area contributed by atoms with E-state index in [4.69, 9.17) is 11.6 Å². The van der Waals surface area contributed by atoms with E-state index in [2.05, 4.69) is 128 Å². The first-order chi connectivity index (χ1) is 17.2. The highest BCUT2D eigenvalue weighted by atomic mass is 35.5. The molecule has 0 aliphatic heterocycles. The van der Waals surface area contributed by atoms with Crippen LogP contribution < -0.4 is 0 Å². The fourth-order valence-electron chi connectivity index (χ4n) is 4.27. The van der Waals surface area contributed by atoms with Crippen LogP contribution in [0.1, 0.15) is 48.9 Å². The third-order valence-electron chi connectivity index (χ3n) is 5.99. The van der Waals surface area contributed by atoms with Crippen LogP contribution in [0.4, 0.5) is 0 Å². The fourth-order valence-corrected chi connectivity index (χ4v) is 4.52. The van der Waals surface area contributed by atoms with Crippen molar-refractivity contribution in [2.45, 2.75) is 45.4 Å². The van der Waals surface area contributed by atoms with Gasteiger partial charge in [0.1, 0.15) is 0 Å². The third-order valence-corrected chi connectivity index (χ3v) is 6.29. The molecule has 0 spiro atoms. The fraction of sp³-hybridized carbons (Fsp3) is 0.235. The zero-order valence-corrected chi connectivity index (χ0v) is 22.0. The smallest absolute Gasteiger partial charge is 0.0556 e. The molecule has 0 fully saturated rings. The predicted octanol–water partition coefficient (Wildman–Crippen LogP) is 9.75. The zero-order chi connectivity index (χ0) is 24.9. The second-order valence-electron chi connectivity index (χ2n) is 8.70. The van der Waals surface area contributed by atoms with Gasteiger partial charge in [-0.25, -0.2) is 0 Å². The molecular formula is C34H37Cl. The Morgan fingerprint density at radius 3 is 1.94 bits per heavy atom. The summed E-state index contributed by atoms with van der Waals surface area (Å²) in [6.07, 6.45) is 16.5. The van der Waals surface area contributed by atoms with Gasteiger partial charge in [0.15, 0.2) is 0 Å². The summed E-state index contributed by atoms with van der Waals surface area (Å²) < 4.78 is 0. The normalized spacial score (nSPS) is 18.3. The van der Waals surface area contributed by atoms with Gasteiger partial charge in [0, 0.05) is 5.92 Å². The number of benzene rings is 3. The van der Waals surface area contributed by atoms with Crippen LogP contribution in [0.5, 0.6) is 0 Å². The van der Waals surface area contributed by atoms with Crippen LogP contribution in [0.15, 0.2) is 127 Å². The van der Waals surface area contributed by atoms with Crippen LogP contribution >= 0.6 is 11.6 Å². The summed E-state index contributed by atoms with van der Waals surface area (Å²) in [5.41, 5.74) is 8.01. The van der Waals surface area contributed by atoms with Crippen LogP contribution in [0.3, 0.4) is 0 Å². The largest absolute Gasteiger partial charge is 0.118 e. The molecule has 0 saturated heterocycles. The second kappa shape index (κ2) is 14.3. The maximum Gasteiger partial charge on any atom is 0.0556 e. The van der Waals surface area contributed by atoms with Gasteiger partial charge >= 0.3 is 0 Å². The molecule has 2 unspecified atom stereocenters. The molecular weight excluding hydrogens is 444 g/mol. The molecule has 2 aliphatic carbocycles. The van der Waals surface area contributed by atoms with Gasteiger partial charge in [-0.3, -0.25) is 0 Å². The second-order valence-corrected chi connectivity index (χ2v) is 9.27. The van der Waals surface area contributed by atoms with Crippen LogP contribution in [0.2, 0.25) is 0 Å². The quantitative estimate of drug-likeness (QED) is 0.326. The van der Waals surface area contributed by atoms with E-state index in [1.54, 1.807) is 0 Å². The lowest BCUT2D eigenvalue weighted by Crippen LogP contribution is -2.08. The summed E-state index contributed by atoms with van der Waals surface area (Å²) in [6, 6.07) is 29.8. The van der Waals surface area contributed by atoms with Gasteiger partial charge < -0.3 is 0 Å². The van der Waals surface area contributed by atoms with E-state index < -0.39 is 0 Å². The topological polar surface area (TPSA) is 0 Å². The molecule has 3 aromatic carbocycles. The molecule has 0 aromatic heterocycles. The van der Waals surface area contributed by atoms with Gasteiger partial charge in [0.2, 0.25) is 0 Å². The van der Waals surface area contributed by atoms with Crippen molar-refractivity contribution in [2.75, 3.05) is 0 Å². The summed E-state index contributed by atoms with van der Waals surface area (Å²) in [6.45, 7) is 6.14.